The predicted molar refractivity (Wildman–Crippen MR) is 133 cm³/mol. The summed E-state index contributed by atoms with van der Waals surface area (Å²) in [5.41, 5.74) is 11.0. The predicted octanol–water partition coefficient (Wildman–Crippen LogP) is 4.70. The zero-order chi connectivity index (χ0) is 24.7. The van der Waals surface area contributed by atoms with Crippen molar-refractivity contribution < 1.29 is 13.5 Å². The number of rotatable bonds is 10. The second-order valence-electron chi connectivity index (χ2n) is 8.03. The van der Waals surface area contributed by atoms with Crippen LogP contribution in [0.25, 0.3) is 11.1 Å². The van der Waals surface area contributed by atoms with E-state index in [4.69, 9.17) is 15.9 Å². The van der Waals surface area contributed by atoms with Crippen molar-refractivity contribution in [2.45, 2.75) is 20.3 Å². The summed E-state index contributed by atoms with van der Waals surface area (Å²) in [6, 6.07) is 7.98. The Hall–Kier alpha value is -3.26. The van der Waals surface area contributed by atoms with Gasteiger partial charge in [-0.1, -0.05) is 6.07 Å². The number of ether oxygens (including phenoxy) is 1. The van der Waals surface area contributed by atoms with Crippen LogP contribution in [-0.4, -0.2) is 57.7 Å². The Balaban J connectivity index is 2.45. The number of allylic oxidation sites excluding steroid dienone is 1. The van der Waals surface area contributed by atoms with Crippen LogP contribution in [0.4, 0.5) is 14.5 Å². The Labute approximate surface area is 194 Å². The average molecular weight is 458 g/mol. The van der Waals surface area contributed by atoms with Crippen molar-refractivity contribution in [1.82, 2.24) is 4.90 Å². The van der Waals surface area contributed by atoms with E-state index in [1.165, 1.54) is 6.07 Å². The molecule has 0 unspecified atom stereocenters. The van der Waals surface area contributed by atoms with Crippen LogP contribution >= 0.6 is 0 Å². The standard InChI is InChI=1S/C25H33F2N5O/c1-15(28)18(16(2)30-3)11-12-33-25-19(8-9-21(26)24(25)27)17-7-10-23(31-4)20(13-17)22(29)14-32(5)6/h7-10,13,29,31H,11-12,14,28H2,1-6H3. The van der Waals surface area contributed by atoms with Gasteiger partial charge < -0.3 is 26.1 Å². The molecule has 6 nitrogen and oxygen atoms in total. The lowest BCUT2D eigenvalue weighted by Crippen LogP contribution is -2.22. The molecule has 2 aromatic rings. The van der Waals surface area contributed by atoms with Crippen molar-refractivity contribution in [3.63, 3.8) is 0 Å². The molecule has 2 rings (SSSR count). The maximum absolute atomic E-state index is 14.8. The summed E-state index contributed by atoms with van der Waals surface area (Å²) in [7, 11) is 7.22. The lowest BCUT2D eigenvalue weighted by molar-refractivity contribution is 0.301. The Morgan fingerprint density at radius 2 is 1.88 bits per heavy atom. The number of nitrogens with one attached hydrogen (secondary N) is 2. The molecule has 2 aromatic carbocycles. The number of aliphatic imine (C=N–C) groups is 1. The lowest BCUT2D eigenvalue weighted by atomic mass is 9.98. The molecule has 0 amide bonds. The maximum atomic E-state index is 14.8. The molecule has 0 aliphatic heterocycles. The highest BCUT2D eigenvalue weighted by atomic mass is 19.2. The molecule has 0 spiro atoms. The Morgan fingerprint density at radius 1 is 1.18 bits per heavy atom. The van der Waals surface area contributed by atoms with Crippen molar-refractivity contribution >= 4 is 17.1 Å². The number of halogens is 2. The van der Waals surface area contributed by atoms with Gasteiger partial charge in [0, 0.05) is 55.3 Å². The number of anilines is 1. The topological polar surface area (TPSA) is 86.7 Å². The summed E-state index contributed by atoms with van der Waals surface area (Å²) in [4.78, 5) is 6.05. The molecular formula is C25H33F2N5O. The number of nitrogens with zero attached hydrogens (tertiary/aromatic N) is 2. The van der Waals surface area contributed by atoms with Crippen LogP contribution in [0.3, 0.4) is 0 Å². The van der Waals surface area contributed by atoms with E-state index >= 15 is 0 Å². The summed E-state index contributed by atoms with van der Waals surface area (Å²) in [5.74, 6) is -2.21. The normalized spacial score (nSPS) is 12.6. The van der Waals surface area contributed by atoms with Crippen LogP contribution < -0.4 is 15.8 Å². The zero-order valence-electron chi connectivity index (χ0n) is 20.1. The van der Waals surface area contributed by atoms with Crippen LogP contribution in [0.15, 0.2) is 46.6 Å². The third-order valence-corrected chi connectivity index (χ3v) is 5.30. The molecule has 0 aliphatic carbocycles. The van der Waals surface area contributed by atoms with Crippen molar-refractivity contribution in [2.24, 2.45) is 10.7 Å². The van der Waals surface area contributed by atoms with E-state index in [1.54, 1.807) is 33.2 Å². The van der Waals surface area contributed by atoms with Gasteiger partial charge in [-0.3, -0.25) is 4.99 Å². The molecule has 0 aliphatic rings. The molecule has 4 N–H and O–H groups in total. The van der Waals surface area contributed by atoms with Crippen LogP contribution in [0, 0.1) is 17.0 Å². The molecule has 0 radical (unpaired) electrons. The maximum Gasteiger partial charge on any atom is 0.201 e. The van der Waals surface area contributed by atoms with Gasteiger partial charge in [0.15, 0.2) is 11.6 Å². The highest BCUT2D eigenvalue weighted by molar-refractivity contribution is 6.05. The monoisotopic (exact) mass is 457 g/mol. The molecule has 0 atom stereocenters. The van der Waals surface area contributed by atoms with E-state index in [9.17, 15) is 8.78 Å². The Morgan fingerprint density at radius 3 is 2.45 bits per heavy atom. The zero-order valence-corrected chi connectivity index (χ0v) is 20.1. The molecule has 0 saturated heterocycles. The number of nitrogens with two attached hydrogens (primary N) is 1. The fraction of sp³-hybridized carbons (Fsp3) is 0.360. The molecule has 0 fully saturated rings. The Kier molecular flexibility index (Phi) is 9.11. The summed E-state index contributed by atoms with van der Waals surface area (Å²) in [6.45, 7) is 4.15. The van der Waals surface area contributed by atoms with Gasteiger partial charge in [-0.15, -0.1) is 0 Å². The van der Waals surface area contributed by atoms with Gasteiger partial charge >= 0.3 is 0 Å². The van der Waals surface area contributed by atoms with Crippen LogP contribution in [0.1, 0.15) is 25.8 Å². The molecule has 8 heteroatoms. The number of likely N-dealkylation sites (N-methyl/N-ethyl adjacent to an activating group) is 1. The van der Waals surface area contributed by atoms with Crippen molar-refractivity contribution in [3.05, 3.63) is 58.8 Å². The van der Waals surface area contributed by atoms with Gasteiger partial charge in [0.1, 0.15) is 0 Å². The van der Waals surface area contributed by atoms with Gasteiger partial charge in [0.05, 0.1) is 12.3 Å². The van der Waals surface area contributed by atoms with Gasteiger partial charge in [-0.05, 0) is 63.3 Å². The summed E-state index contributed by atoms with van der Waals surface area (Å²) >= 11 is 0. The van der Waals surface area contributed by atoms with E-state index < -0.39 is 11.6 Å². The summed E-state index contributed by atoms with van der Waals surface area (Å²) < 4.78 is 34.7. The van der Waals surface area contributed by atoms with Gasteiger partial charge in [-0.25, -0.2) is 4.39 Å². The van der Waals surface area contributed by atoms with E-state index in [0.29, 0.717) is 41.1 Å². The molecular weight excluding hydrogens is 424 g/mol. The minimum absolute atomic E-state index is 0.0992. The first-order valence-electron chi connectivity index (χ1n) is 10.6. The van der Waals surface area contributed by atoms with Crippen LogP contribution in [0.2, 0.25) is 0 Å². The highest BCUT2D eigenvalue weighted by Gasteiger charge is 2.19. The molecule has 0 heterocycles. The van der Waals surface area contributed by atoms with Gasteiger partial charge in [0.2, 0.25) is 5.82 Å². The number of hydrogen-bond donors (Lipinski definition) is 3. The SMILES string of the molecule is CN=C(C)C(CCOc1c(-c2ccc(NC)c(C(=N)CN(C)C)c2)ccc(F)c1F)=C(C)N. The van der Waals surface area contributed by atoms with Crippen LogP contribution in [-0.2, 0) is 0 Å². The van der Waals surface area contributed by atoms with Crippen molar-refractivity contribution in [3.8, 4) is 16.9 Å². The smallest absolute Gasteiger partial charge is 0.201 e. The molecule has 0 aromatic heterocycles. The largest absolute Gasteiger partial charge is 0.489 e. The first kappa shape index (κ1) is 26.0. The first-order valence-corrected chi connectivity index (χ1v) is 10.6. The fourth-order valence-corrected chi connectivity index (χ4v) is 3.53. The number of benzene rings is 2. The summed E-state index contributed by atoms with van der Waals surface area (Å²) in [5, 5.41) is 11.6. The van der Waals surface area contributed by atoms with E-state index in [0.717, 1.165) is 23.0 Å². The second kappa shape index (κ2) is 11.6. The third-order valence-electron chi connectivity index (χ3n) is 5.30. The first-order chi connectivity index (χ1) is 15.6. The molecule has 33 heavy (non-hydrogen) atoms. The third kappa shape index (κ3) is 6.38. The molecule has 0 bridgehead atoms. The quantitative estimate of drug-likeness (QED) is 0.452. The minimum Gasteiger partial charge on any atom is -0.489 e. The Bertz CT molecular complexity index is 1070. The van der Waals surface area contributed by atoms with E-state index in [2.05, 4.69) is 10.3 Å². The van der Waals surface area contributed by atoms with Gasteiger partial charge in [0.25, 0.3) is 0 Å². The minimum atomic E-state index is -1.05. The van der Waals surface area contributed by atoms with Crippen molar-refractivity contribution in [1.29, 1.82) is 5.41 Å². The molecule has 0 saturated carbocycles. The second-order valence-corrected chi connectivity index (χ2v) is 8.03. The molecule has 178 valence electrons. The van der Waals surface area contributed by atoms with Crippen molar-refractivity contribution in [2.75, 3.05) is 46.7 Å². The average Bonchev–Trinajstić information content (AvgIpc) is 2.77. The fourth-order valence-electron chi connectivity index (χ4n) is 3.53. The highest BCUT2D eigenvalue weighted by Crippen LogP contribution is 2.36. The number of hydrogen-bond acceptors (Lipinski definition) is 6. The van der Waals surface area contributed by atoms with E-state index in [1.807, 2.05) is 32.0 Å². The van der Waals surface area contributed by atoms with E-state index in [-0.39, 0.29) is 12.4 Å². The lowest BCUT2D eigenvalue weighted by Gasteiger charge is -2.18. The van der Waals surface area contributed by atoms with Crippen LogP contribution in [0.5, 0.6) is 5.75 Å². The van der Waals surface area contributed by atoms with Gasteiger partial charge in [-0.2, -0.15) is 4.39 Å². The summed E-state index contributed by atoms with van der Waals surface area (Å²) in [6.07, 6.45) is 0.401.